The predicted octanol–water partition coefficient (Wildman–Crippen LogP) is 20.6. The molecule has 1 aliphatic heterocycles. The summed E-state index contributed by atoms with van der Waals surface area (Å²) >= 11 is 0. The fraction of sp³-hybridized carbons (Fsp3) is 0.120. The van der Waals surface area contributed by atoms with Gasteiger partial charge in [-0.2, -0.15) is 0 Å². The lowest BCUT2D eigenvalue weighted by Crippen LogP contribution is -2.37. The van der Waals surface area contributed by atoms with Crippen molar-refractivity contribution in [3.8, 4) is 22.3 Å². The summed E-state index contributed by atoms with van der Waals surface area (Å²) in [7, 11) is 0. The van der Waals surface area contributed by atoms with Gasteiger partial charge in [-0.05, 0) is 217 Å². The monoisotopic (exact) mass is 1010 g/mol. The van der Waals surface area contributed by atoms with Crippen LogP contribution in [-0.4, -0.2) is 0 Å². The van der Waals surface area contributed by atoms with Gasteiger partial charge in [0.1, 0.15) is 0 Å². The molecule has 0 bridgehead atoms. The first-order valence-electron chi connectivity index (χ1n) is 27.3. The Morgan fingerprint density at radius 2 is 0.564 bits per heavy atom. The zero-order valence-corrected chi connectivity index (χ0v) is 46.0. The van der Waals surface area contributed by atoms with Gasteiger partial charge in [0.2, 0.25) is 0 Å². The van der Waals surface area contributed by atoms with Crippen molar-refractivity contribution >= 4 is 51.2 Å². The SMILES string of the molecule is Cc1cc(C)c(C)c(N(c2ccc(-c3ccccc3)cc2)c2ccc(C3(c4ccc(N(c5ccc(-c6ccccc6)cc5)c5c(C)c(C)cc(C)c5C)cc4)c4ccccc4N(c4ccccc4)c4ccccc43)cc2)c1C. The molecule has 0 saturated heterocycles. The Bertz CT molecular complexity index is 3660. The second-order valence-corrected chi connectivity index (χ2v) is 21.3. The van der Waals surface area contributed by atoms with Crippen LogP contribution in [0.2, 0.25) is 0 Å². The molecule has 11 aromatic carbocycles. The Hall–Kier alpha value is -9.18. The molecule has 1 heterocycles. The van der Waals surface area contributed by atoms with Crippen molar-refractivity contribution < 1.29 is 0 Å². The smallest absolute Gasteiger partial charge is 0.0742 e. The van der Waals surface area contributed by atoms with Gasteiger partial charge in [-0.15, -0.1) is 0 Å². The van der Waals surface area contributed by atoms with Gasteiger partial charge >= 0.3 is 0 Å². The quantitative estimate of drug-likeness (QED) is 0.128. The van der Waals surface area contributed by atoms with Crippen LogP contribution in [0.4, 0.5) is 51.2 Å². The molecule has 0 unspecified atom stereocenters. The van der Waals surface area contributed by atoms with Gasteiger partial charge < -0.3 is 14.7 Å². The zero-order valence-electron chi connectivity index (χ0n) is 46.0. The number of anilines is 9. The van der Waals surface area contributed by atoms with Gasteiger partial charge in [-0.1, -0.05) is 176 Å². The molecular weight excluding hydrogens is 943 g/mol. The second kappa shape index (κ2) is 20.4. The average Bonchev–Trinajstić information content (AvgIpc) is 3.56. The molecule has 380 valence electrons. The van der Waals surface area contributed by atoms with E-state index < -0.39 is 5.41 Å². The van der Waals surface area contributed by atoms with E-state index >= 15 is 0 Å². The number of para-hydroxylation sites is 3. The van der Waals surface area contributed by atoms with E-state index in [0.29, 0.717) is 0 Å². The number of hydrogen-bond donors (Lipinski definition) is 0. The highest BCUT2D eigenvalue weighted by molar-refractivity contribution is 5.91. The molecule has 78 heavy (non-hydrogen) atoms. The molecule has 0 saturated carbocycles. The summed E-state index contributed by atoms with van der Waals surface area (Å²) in [5, 5.41) is 0. The van der Waals surface area contributed by atoms with E-state index in [4.69, 9.17) is 0 Å². The van der Waals surface area contributed by atoms with E-state index in [-0.39, 0.29) is 0 Å². The number of aryl methyl sites for hydroxylation is 4. The van der Waals surface area contributed by atoms with Gasteiger partial charge in [0, 0.05) is 28.4 Å². The minimum absolute atomic E-state index is 0.725. The van der Waals surface area contributed by atoms with Crippen LogP contribution in [0.25, 0.3) is 22.3 Å². The van der Waals surface area contributed by atoms with Crippen molar-refractivity contribution in [2.45, 2.75) is 60.8 Å². The topological polar surface area (TPSA) is 9.72 Å². The molecule has 0 aliphatic carbocycles. The summed E-state index contributed by atoms with van der Waals surface area (Å²) in [6, 6.07) is 92.1. The number of benzene rings is 11. The summed E-state index contributed by atoms with van der Waals surface area (Å²) in [6.45, 7) is 18.0. The molecule has 1 aliphatic rings. The second-order valence-electron chi connectivity index (χ2n) is 21.3. The molecule has 0 fully saturated rings. The van der Waals surface area contributed by atoms with Crippen LogP contribution in [0.1, 0.15) is 66.8 Å². The van der Waals surface area contributed by atoms with Crippen LogP contribution >= 0.6 is 0 Å². The summed E-state index contributed by atoms with van der Waals surface area (Å²) < 4.78 is 0. The summed E-state index contributed by atoms with van der Waals surface area (Å²) in [6.07, 6.45) is 0. The van der Waals surface area contributed by atoms with Crippen molar-refractivity contribution in [2.75, 3.05) is 14.7 Å². The predicted molar refractivity (Wildman–Crippen MR) is 331 cm³/mol. The standard InChI is InChI=1S/C75H65N3/c1-50-48-51(2)55(6)73(54(50)5)76(65-40-32-60(33-41-65)58-22-12-9-13-23-58)67-44-36-62(37-45-67)75(69-28-18-20-30-71(69)78(64-26-16-11-17-27-64)72-31-21-19-29-70(72)75)63-38-46-68(47-39-63)77(74-56(7)52(3)49-53(4)57(74)8)66-42-34-61(35-43-66)59-24-14-10-15-25-59/h9-49H,1-8H3. The van der Waals surface area contributed by atoms with E-state index in [9.17, 15) is 0 Å². The Morgan fingerprint density at radius 1 is 0.282 bits per heavy atom. The van der Waals surface area contributed by atoms with E-state index in [1.165, 1.54) is 100 Å². The van der Waals surface area contributed by atoms with Crippen LogP contribution in [0.5, 0.6) is 0 Å². The molecule has 0 aromatic heterocycles. The summed E-state index contributed by atoms with van der Waals surface area (Å²) in [5.74, 6) is 0. The third kappa shape index (κ3) is 8.47. The zero-order chi connectivity index (χ0) is 53.7. The molecule has 0 atom stereocenters. The molecule has 3 heteroatoms. The number of rotatable bonds is 11. The van der Waals surface area contributed by atoms with Crippen LogP contribution in [0.15, 0.2) is 249 Å². The Labute approximate surface area is 462 Å². The van der Waals surface area contributed by atoms with Crippen molar-refractivity contribution in [1.29, 1.82) is 0 Å². The fourth-order valence-electron chi connectivity index (χ4n) is 12.4. The Balaban J connectivity index is 1.07. The maximum atomic E-state index is 2.47. The molecule has 0 N–H and O–H groups in total. The number of fused-ring (bicyclic) bond motifs is 2. The van der Waals surface area contributed by atoms with Crippen LogP contribution in [-0.2, 0) is 5.41 Å². The van der Waals surface area contributed by atoms with Gasteiger partial charge in [-0.3, -0.25) is 0 Å². The molecule has 12 rings (SSSR count). The van der Waals surface area contributed by atoms with Gasteiger partial charge in [0.15, 0.2) is 0 Å². The normalized spacial score (nSPS) is 12.4. The van der Waals surface area contributed by atoms with Crippen LogP contribution < -0.4 is 14.7 Å². The van der Waals surface area contributed by atoms with Crippen molar-refractivity contribution in [1.82, 2.24) is 0 Å². The molecular formula is C75H65N3. The van der Waals surface area contributed by atoms with E-state index in [0.717, 1.165) is 39.8 Å². The van der Waals surface area contributed by atoms with Crippen molar-refractivity contribution in [3.63, 3.8) is 0 Å². The highest BCUT2D eigenvalue weighted by Crippen LogP contribution is 2.58. The van der Waals surface area contributed by atoms with Crippen molar-refractivity contribution in [2.24, 2.45) is 0 Å². The first-order valence-corrected chi connectivity index (χ1v) is 27.3. The van der Waals surface area contributed by atoms with Crippen LogP contribution in [0.3, 0.4) is 0 Å². The first kappa shape index (κ1) is 49.7. The molecule has 0 amide bonds. The van der Waals surface area contributed by atoms with Crippen LogP contribution in [0, 0.1) is 55.4 Å². The number of nitrogens with zero attached hydrogens (tertiary/aromatic N) is 3. The average molecular weight is 1010 g/mol. The Morgan fingerprint density at radius 3 is 0.910 bits per heavy atom. The minimum Gasteiger partial charge on any atom is -0.310 e. The third-order valence-corrected chi connectivity index (χ3v) is 16.8. The molecule has 11 aromatic rings. The Kier molecular flexibility index (Phi) is 13.0. The van der Waals surface area contributed by atoms with Gasteiger partial charge in [-0.25, -0.2) is 0 Å². The minimum atomic E-state index is -0.725. The van der Waals surface area contributed by atoms with E-state index in [1.807, 2.05) is 0 Å². The fourth-order valence-corrected chi connectivity index (χ4v) is 12.4. The van der Waals surface area contributed by atoms with Crippen molar-refractivity contribution in [3.05, 3.63) is 315 Å². The summed E-state index contributed by atoms with van der Waals surface area (Å²) in [5.41, 5.74) is 29.4. The third-order valence-electron chi connectivity index (χ3n) is 16.8. The van der Waals surface area contributed by atoms with Gasteiger partial charge in [0.05, 0.1) is 28.2 Å². The summed E-state index contributed by atoms with van der Waals surface area (Å²) in [4.78, 5) is 7.40. The van der Waals surface area contributed by atoms with Gasteiger partial charge in [0.25, 0.3) is 0 Å². The molecule has 0 radical (unpaired) electrons. The maximum absolute atomic E-state index is 2.47. The maximum Gasteiger partial charge on any atom is 0.0742 e. The highest BCUT2D eigenvalue weighted by atomic mass is 15.2. The molecule has 3 nitrogen and oxygen atoms in total. The lowest BCUT2D eigenvalue weighted by Gasteiger charge is -2.46. The molecule has 0 spiro atoms. The highest BCUT2D eigenvalue weighted by Gasteiger charge is 2.46. The largest absolute Gasteiger partial charge is 0.310 e. The lowest BCUT2D eigenvalue weighted by atomic mass is 9.62. The van der Waals surface area contributed by atoms with E-state index in [1.54, 1.807) is 0 Å². The van der Waals surface area contributed by atoms with E-state index in [2.05, 4.69) is 319 Å². The lowest BCUT2D eigenvalue weighted by molar-refractivity contribution is 0.731. The first-order chi connectivity index (χ1) is 38.0. The number of hydrogen-bond acceptors (Lipinski definition) is 3.